The number of benzene rings is 2. The summed E-state index contributed by atoms with van der Waals surface area (Å²) in [6.45, 7) is 2.04. The highest BCUT2D eigenvalue weighted by molar-refractivity contribution is 5.91. The fourth-order valence-corrected chi connectivity index (χ4v) is 4.31. The Balaban J connectivity index is 2.05. The summed E-state index contributed by atoms with van der Waals surface area (Å²) >= 11 is 0. The molecule has 0 aliphatic heterocycles. The maximum absolute atomic E-state index is 15.2. The number of hydrogen-bond donors (Lipinski definition) is 1. The molecule has 166 valence electrons. The third kappa shape index (κ3) is 4.81. The Kier molecular flexibility index (Phi) is 7.13. The van der Waals surface area contributed by atoms with Gasteiger partial charge in [-0.3, -0.25) is 0 Å². The van der Waals surface area contributed by atoms with Crippen LogP contribution in [0.1, 0.15) is 67.3 Å². The Bertz CT molecular complexity index is 985. The third-order valence-electron chi connectivity index (χ3n) is 5.89. The van der Waals surface area contributed by atoms with Gasteiger partial charge < -0.3 is 5.11 Å². The molecular formula is C24H23F5O2. The van der Waals surface area contributed by atoms with Crippen LogP contribution in [0.15, 0.2) is 30.4 Å². The number of hydrogen-bond acceptors (Lipinski definition) is 1. The SMILES string of the molecule is CC/C=C/CC1CCC(c2cc(F)c(C(=O)O)c(F)c2-c2cc(F)c(F)c(F)c2)CC1. The fourth-order valence-electron chi connectivity index (χ4n) is 4.31. The number of aromatic carboxylic acids is 1. The number of allylic oxidation sites excluding steroid dienone is 2. The first kappa shape index (κ1) is 23.0. The maximum atomic E-state index is 15.2. The zero-order valence-corrected chi connectivity index (χ0v) is 17.0. The van der Waals surface area contributed by atoms with E-state index >= 15 is 4.39 Å². The van der Waals surface area contributed by atoms with Crippen molar-refractivity contribution in [3.05, 3.63) is 70.6 Å². The molecule has 0 bridgehead atoms. The minimum Gasteiger partial charge on any atom is -0.477 e. The molecular weight excluding hydrogens is 415 g/mol. The lowest BCUT2D eigenvalue weighted by Gasteiger charge is -2.30. The summed E-state index contributed by atoms with van der Waals surface area (Å²) in [5, 5.41) is 9.22. The molecule has 1 fully saturated rings. The van der Waals surface area contributed by atoms with Gasteiger partial charge in [-0.05, 0) is 79.7 Å². The highest BCUT2D eigenvalue weighted by Gasteiger charge is 2.30. The van der Waals surface area contributed by atoms with Crippen molar-refractivity contribution in [3.8, 4) is 11.1 Å². The lowest BCUT2D eigenvalue weighted by atomic mass is 9.75. The topological polar surface area (TPSA) is 37.3 Å². The van der Waals surface area contributed by atoms with E-state index in [1.54, 1.807) is 0 Å². The number of carbonyl (C=O) groups is 1. The van der Waals surface area contributed by atoms with Crippen LogP contribution in [0.3, 0.4) is 0 Å². The first-order valence-electron chi connectivity index (χ1n) is 10.3. The number of carboxylic acids is 1. The number of halogens is 5. The molecule has 1 aliphatic rings. The van der Waals surface area contributed by atoms with Crippen molar-refractivity contribution in [1.29, 1.82) is 0 Å². The Morgan fingerprint density at radius 3 is 2.10 bits per heavy atom. The summed E-state index contributed by atoms with van der Waals surface area (Å²) in [6.07, 6.45) is 8.83. The smallest absolute Gasteiger partial charge is 0.341 e. The average molecular weight is 438 g/mol. The lowest BCUT2D eigenvalue weighted by Crippen LogP contribution is -2.16. The van der Waals surface area contributed by atoms with Gasteiger partial charge in [-0.15, -0.1) is 0 Å². The molecule has 3 rings (SSSR count). The van der Waals surface area contributed by atoms with Gasteiger partial charge in [0, 0.05) is 5.56 Å². The molecule has 0 spiro atoms. The van der Waals surface area contributed by atoms with E-state index in [4.69, 9.17) is 0 Å². The molecule has 1 aliphatic carbocycles. The lowest BCUT2D eigenvalue weighted by molar-refractivity contribution is 0.0686. The molecule has 0 radical (unpaired) electrons. The summed E-state index contributed by atoms with van der Waals surface area (Å²) in [7, 11) is 0. The zero-order valence-electron chi connectivity index (χ0n) is 17.0. The molecule has 1 saturated carbocycles. The third-order valence-corrected chi connectivity index (χ3v) is 5.89. The molecule has 0 unspecified atom stereocenters. The highest BCUT2D eigenvalue weighted by Crippen LogP contribution is 2.43. The standard InChI is InChI=1S/C24H23F5O2/c1-2-3-4-5-13-6-8-14(9-7-13)16-12-17(25)21(24(30)31)23(29)20(16)15-10-18(26)22(28)19(27)11-15/h3-4,10-14H,2,5-9H2,1H3,(H,30,31)/b4-3+. The van der Waals surface area contributed by atoms with E-state index in [1.165, 1.54) is 0 Å². The number of rotatable bonds is 6. The van der Waals surface area contributed by atoms with Crippen LogP contribution in [-0.4, -0.2) is 11.1 Å². The predicted molar refractivity (Wildman–Crippen MR) is 107 cm³/mol. The van der Waals surface area contributed by atoms with Gasteiger partial charge in [0.1, 0.15) is 17.2 Å². The van der Waals surface area contributed by atoms with E-state index in [1.807, 2.05) is 6.92 Å². The summed E-state index contributed by atoms with van der Waals surface area (Å²) in [5.41, 5.74) is -1.82. The average Bonchev–Trinajstić information content (AvgIpc) is 2.71. The van der Waals surface area contributed by atoms with E-state index < -0.39 is 46.2 Å². The van der Waals surface area contributed by atoms with Gasteiger partial charge in [0.05, 0.1) is 0 Å². The Hall–Kier alpha value is -2.70. The van der Waals surface area contributed by atoms with Crippen LogP contribution in [0, 0.1) is 35.0 Å². The quantitative estimate of drug-likeness (QED) is 0.290. The van der Waals surface area contributed by atoms with Crippen LogP contribution < -0.4 is 0 Å². The van der Waals surface area contributed by atoms with Crippen molar-refractivity contribution in [1.82, 2.24) is 0 Å². The van der Waals surface area contributed by atoms with Gasteiger partial charge in [0.15, 0.2) is 17.5 Å². The van der Waals surface area contributed by atoms with Crippen LogP contribution in [-0.2, 0) is 0 Å². The minimum atomic E-state index is -1.84. The summed E-state index contributed by atoms with van der Waals surface area (Å²) in [5.74, 6) is -9.17. The van der Waals surface area contributed by atoms with Crippen molar-refractivity contribution >= 4 is 5.97 Å². The van der Waals surface area contributed by atoms with Crippen LogP contribution >= 0.6 is 0 Å². The van der Waals surface area contributed by atoms with E-state index in [0.717, 1.165) is 31.7 Å². The second kappa shape index (κ2) is 9.62. The molecule has 1 N–H and O–H groups in total. The van der Waals surface area contributed by atoms with Crippen molar-refractivity contribution in [2.75, 3.05) is 0 Å². The molecule has 2 nitrogen and oxygen atoms in total. The van der Waals surface area contributed by atoms with Crippen molar-refractivity contribution in [2.24, 2.45) is 5.92 Å². The van der Waals surface area contributed by atoms with Gasteiger partial charge in [-0.25, -0.2) is 26.7 Å². The van der Waals surface area contributed by atoms with Gasteiger partial charge in [-0.1, -0.05) is 19.1 Å². The molecule has 2 aromatic rings. The molecule has 0 amide bonds. The van der Waals surface area contributed by atoms with Gasteiger partial charge in [-0.2, -0.15) is 0 Å². The molecule has 0 heterocycles. The summed E-state index contributed by atoms with van der Waals surface area (Å²) in [6, 6.07) is 2.14. The first-order chi connectivity index (χ1) is 14.7. The van der Waals surface area contributed by atoms with E-state index in [-0.39, 0.29) is 17.0 Å². The zero-order chi connectivity index (χ0) is 22.7. The van der Waals surface area contributed by atoms with Gasteiger partial charge in [0.2, 0.25) is 0 Å². The van der Waals surface area contributed by atoms with Gasteiger partial charge >= 0.3 is 5.97 Å². The van der Waals surface area contributed by atoms with Crippen molar-refractivity contribution in [2.45, 2.75) is 51.4 Å². The van der Waals surface area contributed by atoms with Crippen molar-refractivity contribution in [3.63, 3.8) is 0 Å². The van der Waals surface area contributed by atoms with Gasteiger partial charge in [0.25, 0.3) is 0 Å². The highest BCUT2D eigenvalue weighted by atomic mass is 19.2. The molecule has 0 aromatic heterocycles. The van der Waals surface area contributed by atoms with Crippen LogP contribution in [0.25, 0.3) is 11.1 Å². The molecule has 2 aromatic carbocycles. The first-order valence-corrected chi connectivity index (χ1v) is 10.3. The summed E-state index contributed by atoms with van der Waals surface area (Å²) < 4.78 is 70.7. The second-order valence-corrected chi connectivity index (χ2v) is 7.90. The monoisotopic (exact) mass is 438 g/mol. The second-order valence-electron chi connectivity index (χ2n) is 7.90. The predicted octanol–water partition coefficient (Wildman–Crippen LogP) is 7.38. The molecule has 0 saturated heterocycles. The Labute approximate surface area is 177 Å². The Morgan fingerprint density at radius 2 is 1.55 bits per heavy atom. The Morgan fingerprint density at radius 1 is 0.935 bits per heavy atom. The van der Waals surface area contributed by atoms with E-state index in [0.29, 0.717) is 30.9 Å². The summed E-state index contributed by atoms with van der Waals surface area (Å²) in [4.78, 5) is 11.4. The van der Waals surface area contributed by atoms with Crippen LogP contribution in [0.2, 0.25) is 0 Å². The molecule has 0 atom stereocenters. The van der Waals surface area contributed by atoms with E-state index in [2.05, 4.69) is 12.2 Å². The minimum absolute atomic E-state index is 0.146. The molecule has 7 heteroatoms. The number of carboxylic acid groups (broad SMARTS) is 1. The normalized spacial score (nSPS) is 19.2. The van der Waals surface area contributed by atoms with Crippen LogP contribution in [0.4, 0.5) is 22.0 Å². The molecule has 31 heavy (non-hydrogen) atoms. The largest absolute Gasteiger partial charge is 0.477 e. The fraction of sp³-hybridized carbons (Fsp3) is 0.375. The van der Waals surface area contributed by atoms with Crippen LogP contribution in [0.5, 0.6) is 0 Å². The maximum Gasteiger partial charge on any atom is 0.341 e. The van der Waals surface area contributed by atoms with E-state index in [9.17, 15) is 27.5 Å². The van der Waals surface area contributed by atoms with Crippen molar-refractivity contribution < 1.29 is 31.9 Å².